The van der Waals surface area contributed by atoms with E-state index in [-0.39, 0.29) is 0 Å². The third kappa shape index (κ3) is 2.09. The van der Waals surface area contributed by atoms with Crippen LogP contribution in [0.3, 0.4) is 0 Å². The van der Waals surface area contributed by atoms with Crippen LogP contribution in [-0.2, 0) is 0 Å². The van der Waals surface area contributed by atoms with Gasteiger partial charge in [-0.15, -0.1) is 0 Å². The average Bonchev–Trinajstić information content (AvgIpc) is 2.30. The minimum Gasteiger partial charge on any atom is -0.349 e. The molecule has 1 aromatic carbocycles. The zero-order valence-corrected chi connectivity index (χ0v) is 9.90. The van der Waals surface area contributed by atoms with E-state index in [4.69, 9.17) is 5.41 Å². The predicted molar refractivity (Wildman–Crippen MR) is 66.9 cm³/mol. The molecule has 2 atom stereocenters. The van der Waals surface area contributed by atoms with Crippen molar-refractivity contribution in [2.45, 2.75) is 25.9 Å². The van der Waals surface area contributed by atoms with Crippen molar-refractivity contribution < 1.29 is 0 Å². The molecule has 1 aliphatic heterocycles. The summed E-state index contributed by atoms with van der Waals surface area (Å²) in [5.74, 6) is 0.641. The van der Waals surface area contributed by atoms with E-state index < -0.39 is 0 Å². The molecule has 3 heteroatoms. The van der Waals surface area contributed by atoms with Crippen LogP contribution in [0.25, 0.3) is 0 Å². The van der Waals surface area contributed by atoms with Crippen LogP contribution in [0.4, 0.5) is 0 Å². The molecule has 0 saturated carbocycles. The van der Waals surface area contributed by atoms with Crippen LogP contribution in [0, 0.1) is 5.41 Å². The van der Waals surface area contributed by atoms with Gasteiger partial charge >= 0.3 is 0 Å². The zero-order chi connectivity index (χ0) is 11.5. The van der Waals surface area contributed by atoms with Gasteiger partial charge in [0.15, 0.2) is 0 Å². The van der Waals surface area contributed by atoms with E-state index in [1.54, 1.807) is 0 Å². The molecule has 2 N–H and O–H groups in total. The molecule has 1 aromatic rings. The highest BCUT2D eigenvalue weighted by atomic mass is 15.3. The number of nitrogens with zero attached hydrogens (tertiary/aromatic N) is 1. The van der Waals surface area contributed by atoms with Crippen molar-refractivity contribution in [3.63, 3.8) is 0 Å². The summed E-state index contributed by atoms with van der Waals surface area (Å²) in [5, 5.41) is 11.7. The Labute approximate surface area is 97.0 Å². The molecule has 1 aliphatic rings. The number of amidine groups is 1. The van der Waals surface area contributed by atoms with E-state index in [1.807, 2.05) is 30.3 Å². The normalized spacial score (nSPS) is 25.5. The van der Waals surface area contributed by atoms with Crippen molar-refractivity contribution in [1.82, 2.24) is 10.2 Å². The predicted octanol–water partition coefficient (Wildman–Crippen LogP) is 1.69. The number of rotatable bonds is 1. The lowest BCUT2D eigenvalue weighted by Crippen LogP contribution is -2.57. The smallest absolute Gasteiger partial charge is 0.128 e. The molecule has 16 heavy (non-hydrogen) atoms. The fourth-order valence-corrected chi connectivity index (χ4v) is 2.32. The lowest BCUT2D eigenvalue weighted by Gasteiger charge is -2.41. The molecule has 2 unspecified atom stereocenters. The van der Waals surface area contributed by atoms with Crippen LogP contribution in [0.5, 0.6) is 0 Å². The van der Waals surface area contributed by atoms with E-state index in [0.717, 1.165) is 18.7 Å². The van der Waals surface area contributed by atoms with Gasteiger partial charge in [0.2, 0.25) is 0 Å². The number of nitrogens with one attached hydrogen (secondary N) is 2. The molecule has 0 radical (unpaired) electrons. The Balaban J connectivity index is 2.20. The molecule has 0 spiro atoms. The van der Waals surface area contributed by atoms with Crippen LogP contribution < -0.4 is 5.32 Å². The molecule has 2 rings (SSSR count). The molecule has 0 bridgehead atoms. The molecule has 86 valence electrons. The molecule has 0 aliphatic carbocycles. The number of hydrogen-bond donors (Lipinski definition) is 2. The minimum absolute atomic E-state index is 0.386. The topological polar surface area (TPSA) is 39.1 Å². The van der Waals surface area contributed by atoms with Crippen molar-refractivity contribution in [1.29, 1.82) is 5.41 Å². The van der Waals surface area contributed by atoms with Gasteiger partial charge in [0.1, 0.15) is 5.84 Å². The third-order valence-electron chi connectivity index (χ3n) is 3.13. The maximum atomic E-state index is 8.28. The SMILES string of the molecule is CC1CNCC(C)N1C(=N)c1ccccc1. The van der Waals surface area contributed by atoms with Gasteiger partial charge < -0.3 is 10.2 Å². The maximum Gasteiger partial charge on any atom is 0.128 e. The van der Waals surface area contributed by atoms with E-state index >= 15 is 0 Å². The van der Waals surface area contributed by atoms with Gasteiger partial charge in [0.25, 0.3) is 0 Å². The summed E-state index contributed by atoms with van der Waals surface area (Å²) in [7, 11) is 0. The Bertz CT molecular complexity index is 351. The van der Waals surface area contributed by atoms with Crippen molar-refractivity contribution >= 4 is 5.84 Å². The summed E-state index contributed by atoms with van der Waals surface area (Å²) in [6, 6.07) is 10.7. The molecular weight excluding hydrogens is 198 g/mol. The van der Waals surface area contributed by atoms with Gasteiger partial charge in [0, 0.05) is 30.7 Å². The van der Waals surface area contributed by atoms with E-state index in [1.165, 1.54) is 0 Å². The van der Waals surface area contributed by atoms with Crippen molar-refractivity contribution in [3.8, 4) is 0 Å². The van der Waals surface area contributed by atoms with Crippen molar-refractivity contribution in [2.24, 2.45) is 0 Å². The number of piperazine rings is 1. The molecule has 0 amide bonds. The molecule has 1 saturated heterocycles. The lowest BCUT2D eigenvalue weighted by molar-refractivity contribution is 0.207. The first-order valence-corrected chi connectivity index (χ1v) is 5.83. The number of hydrogen-bond acceptors (Lipinski definition) is 2. The summed E-state index contributed by atoms with van der Waals surface area (Å²) < 4.78 is 0. The van der Waals surface area contributed by atoms with Crippen LogP contribution in [-0.4, -0.2) is 35.9 Å². The molecule has 1 heterocycles. The van der Waals surface area contributed by atoms with Gasteiger partial charge in [-0.25, -0.2) is 0 Å². The van der Waals surface area contributed by atoms with Gasteiger partial charge in [-0.05, 0) is 13.8 Å². The lowest BCUT2D eigenvalue weighted by atomic mass is 10.1. The highest BCUT2D eigenvalue weighted by Gasteiger charge is 2.26. The second kappa shape index (κ2) is 4.66. The maximum absolute atomic E-state index is 8.28. The average molecular weight is 217 g/mol. The highest BCUT2D eigenvalue weighted by molar-refractivity contribution is 5.96. The largest absolute Gasteiger partial charge is 0.349 e. The fourth-order valence-electron chi connectivity index (χ4n) is 2.32. The molecular formula is C13H19N3. The first-order valence-electron chi connectivity index (χ1n) is 5.83. The monoisotopic (exact) mass is 217 g/mol. The first kappa shape index (κ1) is 11.1. The Morgan fingerprint density at radius 1 is 1.19 bits per heavy atom. The van der Waals surface area contributed by atoms with E-state index in [9.17, 15) is 0 Å². The highest BCUT2D eigenvalue weighted by Crippen LogP contribution is 2.14. The van der Waals surface area contributed by atoms with E-state index in [2.05, 4.69) is 24.1 Å². The van der Waals surface area contributed by atoms with Crippen LogP contribution in [0.15, 0.2) is 30.3 Å². The second-order valence-corrected chi connectivity index (χ2v) is 4.48. The summed E-state index contributed by atoms with van der Waals surface area (Å²) in [5.41, 5.74) is 1.00. The van der Waals surface area contributed by atoms with Crippen LogP contribution >= 0.6 is 0 Å². The summed E-state index contributed by atoms with van der Waals surface area (Å²) in [6.07, 6.45) is 0. The summed E-state index contributed by atoms with van der Waals surface area (Å²) in [6.45, 7) is 6.25. The molecule has 0 aromatic heterocycles. The van der Waals surface area contributed by atoms with Crippen molar-refractivity contribution in [3.05, 3.63) is 35.9 Å². The van der Waals surface area contributed by atoms with Gasteiger partial charge in [-0.3, -0.25) is 5.41 Å². The minimum atomic E-state index is 0.386. The summed E-state index contributed by atoms with van der Waals surface area (Å²) >= 11 is 0. The Hall–Kier alpha value is -1.35. The van der Waals surface area contributed by atoms with Gasteiger partial charge in [-0.2, -0.15) is 0 Å². The standard InChI is InChI=1S/C13H19N3/c1-10-8-15-9-11(2)16(10)13(14)12-6-4-3-5-7-12/h3-7,10-11,14-15H,8-9H2,1-2H3. The first-order chi connectivity index (χ1) is 7.70. The fraction of sp³-hybridized carbons (Fsp3) is 0.462. The van der Waals surface area contributed by atoms with Gasteiger partial charge in [0.05, 0.1) is 0 Å². The number of benzene rings is 1. The quantitative estimate of drug-likeness (QED) is 0.555. The third-order valence-corrected chi connectivity index (χ3v) is 3.13. The Kier molecular flexibility index (Phi) is 3.25. The second-order valence-electron chi connectivity index (χ2n) is 4.48. The van der Waals surface area contributed by atoms with Crippen LogP contribution in [0.2, 0.25) is 0 Å². The van der Waals surface area contributed by atoms with Crippen LogP contribution in [0.1, 0.15) is 19.4 Å². The van der Waals surface area contributed by atoms with E-state index in [0.29, 0.717) is 17.9 Å². The zero-order valence-electron chi connectivity index (χ0n) is 9.90. The molecule has 1 fully saturated rings. The van der Waals surface area contributed by atoms with Crippen molar-refractivity contribution in [2.75, 3.05) is 13.1 Å². The van der Waals surface area contributed by atoms with Gasteiger partial charge in [-0.1, -0.05) is 30.3 Å². The Morgan fingerprint density at radius 3 is 2.31 bits per heavy atom. The summed E-state index contributed by atoms with van der Waals surface area (Å²) in [4.78, 5) is 2.20. The molecule has 3 nitrogen and oxygen atoms in total. The Morgan fingerprint density at radius 2 is 1.75 bits per heavy atom.